The van der Waals surface area contributed by atoms with Crippen LogP contribution in [0.2, 0.25) is 0 Å². The minimum Gasteiger partial charge on any atom is -0.305 e. The third-order valence-corrected chi connectivity index (χ3v) is 3.01. The molecule has 1 aromatic rings. The van der Waals surface area contributed by atoms with E-state index < -0.39 is 0 Å². The summed E-state index contributed by atoms with van der Waals surface area (Å²) in [6.45, 7) is 4.53. The molecule has 0 spiro atoms. The van der Waals surface area contributed by atoms with E-state index in [1.165, 1.54) is 13.0 Å². The lowest BCUT2D eigenvalue weighted by Gasteiger charge is -2.18. The first kappa shape index (κ1) is 10.6. The van der Waals surface area contributed by atoms with E-state index in [2.05, 4.69) is 35.2 Å². The summed E-state index contributed by atoms with van der Waals surface area (Å²) < 4.78 is 0. The van der Waals surface area contributed by atoms with Crippen LogP contribution >= 0.6 is 0 Å². The summed E-state index contributed by atoms with van der Waals surface area (Å²) in [6, 6.07) is 7.05. The van der Waals surface area contributed by atoms with Gasteiger partial charge in [0.2, 0.25) is 0 Å². The maximum absolute atomic E-state index is 4.36. The van der Waals surface area contributed by atoms with Crippen molar-refractivity contribution >= 4 is 0 Å². The fourth-order valence-corrected chi connectivity index (χ4v) is 2.14. The molecule has 82 valence electrons. The van der Waals surface area contributed by atoms with Crippen molar-refractivity contribution in [3.63, 3.8) is 0 Å². The molecule has 0 aliphatic carbocycles. The molecule has 1 aliphatic heterocycles. The van der Waals surface area contributed by atoms with Crippen molar-refractivity contribution in [1.29, 1.82) is 0 Å². The molecule has 0 saturated carbocycles. The molecule has 1 fully saturated rings. The van der Waals surface area contributed by atoms with E-state index >= 15 is 0 Å². The number of likely N-dealkylation sites (tertiary alicyclic amines) is 1. The summed E-state index contributed by atoms with van der Waals surface area (Å²) >= 11 is 0. The van der Waals surface area contributed by atoms with Gasteiger partial charge in [-0.15, -0.1) is 0 Å². The van der Waals surface area contributed by atoms with Gasteiger partial charge in [0, 0.05) is 24.8 Å². The summed E-state index contributed by atoms with van der Waals surface area (Å²) in [4.78, 5) is 6.73. The van der Waals surface area contributed by atoms with E-state index in [1.807, 2.05) is 18.3 Å². The van der Waals surface area contributed by atoms with Gasteiger partial charge in [0.05, 0.1) is 5.69 Å². The fourth-order valence-electron chi connectivity index (χ4n) is 2.14. The van der Waals surface area contributed by atoms with E-state index in [4.69, 9.17) is 0 Å². The Hall–Kier alpha value is -0.930. The van der Waals surface area contributed by atoms with Crippen LogP contribution in [-0.2, 0) is 0 Å². The molecule has 0 unspecified atom stereocenters. The van der Waals surface area contributed by atoms with Crippen molar-refractivity contribution in [2.45, 2.75) is 25.4 Å². The van der Waals surface area contributed by atoms with E-state index in [0.717, 1.165) is 12.2 Å². The van der Waals surface area contributed by atoms with Crippen LogP contribution in [-0.4, -0.2) is 36.1 Å². The Labute approximate surface area is 91.5 Å². The normalized spacial score (nSPS) is 24.3. The molecule has 2 heterocycles. The Bertz CT molecular complexity index is 299. The average molecular weight is 205 g/mol. The topological polar surface area (TPSA) is 28.2 Å². The van der Waals surface area contributed by atoms with Crippen LogP contribution in [0, 0.1) is 0 Å². The van der Waals surface area contributed by atoms with Crippen LogP contribution in [0.25, 0.3) is 0 Å². The zero-order valence-electron chi connectivity index (χ0n) is 9.48. The van der Waals surface area contributed by atoms with Crippen LogP contribution in [0.3, 0.4) is 0 Å². The molecular formula is C12H19N3. The summed E-state index contributed by atoms with van der Waals surface area (Å²) in [5.74, 6) is 0. The van der Waals surface area contributed by atoms with Crippen LogP contribution in [0.4, 0.5) is 0 Å². The molecular weight excluding hydrogens is 186 g/mol. The maximum Gasteiger partial charge on any atom is 0.0570 e. The lowest BCUT2D eigenvalue weighted by atomic mass is 10.1. The molecule has 0 amide bonds. The van der Waals surface area contributed by atoms with E-state index in [-0.39, 0.29) is 0 Å². The zero-order chi connectivity index (χ0) is 10.7. The molecule has 1 aromatic heterocycles. The first-order valence-corrected chi connectivity index (χ1v) is 5.61. The van der Waals surface area contributed by atoms with Gasteiger partial charge in [0.15, 0.2) is 0 Å². The highest BCUT2D eigenvalue weighted by Crippen LogP contribution is 2.13. The zero-order valence-corrected chi connectivity index (χ0v) is 9.48. The van der Waals surface area contributed by atoms with E-state index in [9.17, 15) is 0 Å². The average Bonchev–Trinajstić information content (AvgIpc) is 2.65. The van der Waals surface area contributed by atoms with Gasteiger partial charge >= 0.3 is 0 Å². The Morgan fingerprint density at radius 2 is 2.40 bits per heavy atom. The second kappa shape index (κ2) is 4.73. The maximum atomic E-state index is 4.36. The van der Waals surface area contributed by atoms with Crippen molar-refractivity contribution < 1.29 is 0 Å². The van der Waals surface area contributed by atoms with Crippen LogP contribution in [0.15, 0.2) is 24.4 Å². The Morgan fingerprint density at radius 3 is 3.00 bits per heavy atom. The molecule has 3 heteroatoms. The molecule has 15 heavy (non-hydrogen) atoms. The summed E-state index contributed by atoms with van der Waals surface area (Å²) in [7, 11) is 2.17. The van der Waals surface area contributed by atoms with Gasteiger partial charge < -0.3 is 10.2 Å². The summed E-state index contributed by atoms with van der Waals surface area (Å²) in [5.41, 5.74) is 1.13. The summed E-state index contributed by atoms with van der Waals surface area (Å²) in [5, 5.41) is 3.62. The fraction of sp³-hybridized carbons (Fsp3) is 0.583. The first-order valence-electron chi connectivity index (χ1n) is 5.61. The van der Waals surface area contributed by atoms with Crippen molar-refractivity contribution in [3.05, 3.63) is 30.1 Å². The molecule has 1 saturated heterocycles. The van der Waals surface area contributed by atoms with Crippen molar-refractivity contribution in [2.75, 3.05) is 20.1 Å². The minimum absolute atomic E-state index is 0.350. The largest absolute Gasteiger partial charge is 0.305 e. The number of nitrogens with zero attached hydrogens (tertiary/aromatic N) is 2. The highest BCUT2D eigenvalue weighted by Gasteiger charge is 2.21. The molecule has 2 rings (SSSR count). The Morgan fingerprint density at radius 1 is 1.53 bits per heavy atom. The monoisotopic (exact) mass is 205 g/mol. The van der Waals surface area contributed by atoms with Crippen LogP contribution < -0.4 is 5.32 Å². The number of nitrogens with one attached hydrogen (secondary N) is 1. The van der Waals surface area contributed by atoms with E-state index in [0.29, 0.717) is 12.1 Å². The standard InChI is InChI=1S/C12H19N3/c1-10(12-5-3-4-7-13-12)14-11-6-8-15(2)9-11/h3-5,7,10-11,14H,6,8-9H2,1-2H3/t10-,11-/m1/s1. The molecule has 0 radical (unpaired) electrons. The Kier molecular flexibility index (Phi) is 3.34. The lowest BCUT2D eigenvalue weighted by molar-refractivity contribution is 0.386. The highest BCUT2D eigenvalue weighted by molar-refractivity contribution is 5.08. The Balaban J connectivity index is 1.90. The molecule has 3 nitrogen and oxygen atoms in total. The van der Waals surface area contributed by atoms with Gasteiger partial charge in [0.1, 0.15) is 0 Å². The third-order valence-electron chi connectivity index (χ3n) is 3.01. The number of hydrogen-bond donors (Lipinski definition) is 1. The molecule has 0 aromatic carbocycles. The smallest absolute Gasteiger partial charge is 0.0570 e. The number of hydrogen-bond acceptors (Lipinski definition) is 3. The molecule has 1 aliphatic rings. The van der Waals surface area contributed by atoms with Crippen molar-refractivity contribution in [2.24, 2.45) is 0 Å². The summed E-state index contributed by atoms with van der Waals surface area (Å²) in [6.07, 6.45) is 3.10. The van der Waals surface area contributed by atoms with Gasteiger partial charge in [-0.05, 0) is 39.1 Å². The first-order chi connectivity index (χ1) is 7.25. The lowest BCUT2D eigenvalue weighted by Crippen LogP contribution is -2.33. The van der Waals surface area contributed by atoms with Gasteiger partial charge in [-0.2, -0.15) is 0 Å². The third kappa shape index (κ3) is 2.76. The van der Waals surface area contributed by atoms with Crippen LogP contribution in [0.5, 0.6) is 0 Å². The van der Waals surface area contributed by atoms with Crippen LogP contribution in [0.1, 0.15) is 25.1 Å². The number of rotatable bonds is 3. The SMILES string of the molecule is C[C@@H](N[C@@H]1CCN(C)C1)c1ccccn1. The number of likely N-dealkylation sites (N-methyl/N-ethyl adjacent to an activating group) is 1. The van der Waals surface area contributed by atoms with Gasteiger partial charge in [-0.25, -0.2) is 0 Å². The predicted molar refractivity (Wildman–Crippen MR) is 61.7 cm³/mol. The molecule has 0 bridgehead atoms. The second-order valence-electron chi connectivity index (χ2n) is 4.39. The molecule has 2 atom stereocenters. The van der Waals surface area contributed by atoms with Gasteiger partial charge in [-0.3, -0.25) is 4.98 Å². The predicted octanol–water partition coefficient (Wildman–Crippen LogP) is 1.44. The molecule has 1 N–H and O–H groups in total. The number of aromatic nitrogens is 1. The second-order valence-corrected chi connectivity index (χ2v) is 4.39. The number of pyridine rings is 1. The van der Waals surface area contributed by atoms with Crippen molar-refractivity contribution in [3.8, 4) is 0 Å². The minimum atomic E-state index is 0.350. The van der Waals surface area contributed by atoms with Crippen molar-refractivity contribution in [1.82, 2.24) is 15.2 Å². The highest BCUT2D eigenvalue weighted by atomic mass is 15.2. The van der Waals surface area contributed by atoms with Gasteiger partial charge in [0.25, 0.3) is 0 Å². The quantitative estimate of drug-likeness (QED) is 0.809. The van der Waals surface area contributed by atoms with E-state index in [1.54, 1.807) is 0 Å². The van der Waals surface area contributed by atoms with Gasteiger partial charge in [-0.1, -0.05) is 6.07 Å².